The van der Waals surface area contributed by atoms with Gasteiger partial charge in [-0.1, -0.05) is 32.0 Å². The minimum atomic E-state index is -0.0356. The zero-order valence-corrected chi connectivity index (χ0v) is 12.3. The van der Waals surface area contributed by atoms with Crippen molar-refractivity contribution in [1.29, 1.82) is 0 Å². The van der Waals surface area contributed by atoms with Crippen LogP contribution in [0.3, 0.4) is 0 Å². The molecule has 0 atom stereocenters. The second-order valence-electron chi connectivity index (χ2n) is 4.96. The zero-order chi connectivity index (χ0) is 14.4. The number of anilines is 1. The van der Waals surface area contributed by atoms with E-state index in [2.05, 4.69) is 29.0 Å². The van der Waals surface area contributed by atoms with Crippen molar-refractivity contribution >= 4 is 16.6 Å². The molecule has 0 aliphatic heterocycles. The molecule has 108 valence electrons. The van der Waals surface area contributed by atoms with Gasteiger partial charge in [-0.2, -0.15) is 0 Å². The fourth-order valence-corrected chi connectivity index (χ4v) is 2.40. The van der Waals surface area contributed by atoms with Crippen molar-refractivity contribution in [3.8, 4) is 0 Å². The maximum atomic E-state index is 11.9. The number of benzene rings is 1. The van der Waals surface area contributed by atoms with E-state index in [1.165, 1.54) is 6.42 Å². The minimum Gasteiger partial charge on any atom is -0.370 e. The zero-order valence-electron chi connectivity index (χ0n) is 12.3. The molecule has 4 heteroatoms. The first-order valence-electron chi connectivity index (χ1n) is 7.33. The molecule has 1 aromatic carbocycles. The molecule has 1 aromatic heterocycles. The summed E-state index contributed by atoms with van der Waals surface area (Å²) in [4.78, 5) is 17.2. The van der Waals surface area contributed by atoms with Crippen LogP contribution in [0.25, 0.3) is 10.8 Å². The van der Waals surface area contributed by atoms with Crippen molar-refractivity contribution in [2.24, 2.45) is 0 Å². The van der Waals surface area contributed by atoms with Crippen molar-refractivity contribution in [3.63, 3.8) is 0 Å². The molecule has 2 aromatic rings. The molecule has 2 rings (SSSR count). The molecule has 0 saturated heterocycles. The molecule has 4 nitrogen and oxygen atoms in total. The molecule has 0 fully saturated rings. The van der Waals surface area contributed by atoms with Gasteiger partial charge in [0.25, 0.3) is 5.56 Å². The van der Waals surface area contributed by atoms with Crippen LogP contribution in [0.5, 0.6) is 0 Å². The first-order valence-corrected chi connectivity index (χ1v) is 7.33. The van der Waals surface area contributed by atoms with Crippen LogP contribution in [0.15, 0.2) is 35.1 Å². The number of pyridine rings is 1. The molecular formula is C16H23N3O. The average Bonchev–Trinajstić information content (AvgIpc) is 2.46. The van der Waals surface area contributed by atoms with E-state index in [9.17, 15) is 4.79 Å². The summed E-state index contributed by atoms with van der Waals surface area (Å²) in [6.45, 7) is 8.36. The van der Waals surface area contributed by atoms with Crippen LogP contribution < -0.4 is 10.9 Å². The molecule has 0 bridgehead atoms. The van der Waals surface area contributed by atoms with E-state index in [1.807, 2.05) is 30.3 Å². The summed E-state index contributed by atoms with van der Waals surface area (Å²) in [7, 11) is 0. The van der Waals surface area contributed by atoms with Crippen molar-refractivity contribution < 1.29 is 0 Å². The third-order valence-electron chi connectivity index (χ3n) is 3.48. The fraction of sp³-hybridized carbons (Fsp3) is 0.438. The van der Waals surface area contributed by atoms with E-state index in [1.54, 1.807) is 0 Å². The van der Waals surface area contributed by atoms with Gasteiger partial charge in [0.15, 0.2) is 0 Å². The highest BCUT2D eigenvalue weighted by Gasteiger charge is 2.03. The molecule has 0 spiro atoms. The van der Waals surface area contributed by atoms with E-state index < -0.39 is 0 Å². The number of rotatable bonds is 7. The Labute approximate surface area is 119 Å². The largest absolute Gasteiger partial charge is 0.370 e. The van der Waals surface area contributed by atoms with Crippen LogP contribution in [0.1, 0.15) is 20.3 Å². The highest BCUT2D eigenvalue weighted by Crippen LogP contribution is 2.12. The first-order chi connectivity index (χ1) is 9.74. The highest BCUT2D eigenvalue weighted by atomic mass is 16.1. The third kappa shape index (κ3) is 3.61. The summed E-state index contributed by atoms with van der Waals surface area (Å²) in [6.07, 6.45) is 1.17. The number of aromatic amines is 1. The number of aromatic nitrogens is 1. The number of H-pyrrole nitrogens is 1. The maximum Gasteiger partial charge on any atom is 0.257 e. The molecular weight excluding hydrogens is 250 g/mol. The number of hydrogen-bond donors (Lipinski definition) is 2. The van der Waals surface area contributed by atoms with E-state index in [0.29, 0.717) is 0 Å². The maximum absolute atomic E-state index is 11.9. The second-order valence-corrected chi connectivity index (χ2v) is 4.96. The van der Waals surface area contributed by atoms with Gasteiger partial charge in [0, 0.05) is 18.5 Å². The van der Waals surface area contributed by atoms with Gasteiger partial charge in [0.05, 0.1) is 0 Å². The first kappa shape index (κ1) is 14.6. The summed E-state index contributed by atoms with van der Waals surface area (Å²) in [6, 6.07) is 9.64. The Bertz CT molecular complexity index is 606. The normalized spacial score (nSPS) is 11.2. The Morgan fingerprint density at radius 1 is 1.20 bits per heavy atom. The summed E-state index contributed by atoms with van der Waals surface area (Å²) in [5, 5.41) is 5.01. The predicted octanol–water partition coefficient (Wildman–Crippen LogP) is 2.67. The molecule has 0 unspecified atom stereocenters. The smallest absolute Gasteiger partial charge is 0.257 e. The van der Waals surface area contributed by atoms with Crippen molar-refractivity contribution in [1.82, 2.24) is 9.88 Å². The van der Waals surface area contributed by atoms with Gasteiger partial charge in [-0.3, -0.25) is 4.79 Å². The molecule has 2 N–H and O–H groups in total. The van der Waals surface area contributed by atoms with Gasteiger partial charge in [0.1, 0.15) is 5.82 Å². The molecule has 0 saturated carbocycles. The Kier molecular flexibility index (Phi) is 5.18. The summed E-state index contributed by atoms with van der Waals surface area (Å²) in [5.74, 6) is 0.793. The third-order valence-corrected chi connectivity index (χ3v) is 3.48. The van der Waals surface area contributed by atoms with Crippen LogP contribution in [0, 0.1) is 0 Å². The second kappa shape index (κ2) is 7.10. The topological polar surface area (TPSA) is 48.1 Å². The summed E-state index contributed by atoms with van der Waals surface area (Å²) < 4.78 is 0. The molecule has 1 heterocycles. The predicted molar refractivity (Wildman–Crippen MR) is 85.5 cm³/mol. The Morgan fingerprint density at radius 3 is 2.75 bits per heavy atom. The molecule has 0 aliphatic carbocycles. The van der Waals surface area contributed by atoms with E-state index >= 15 is 0 Å². The van der Waals surface area contributed by atoms with Crippen LogP contribution in [0.2, 0.25) is 0 Å². The van der Waals surface area contributed by atoms with Crippen molar-refractivity contribution in [2.45, 2.75) is 20.3 Å². The lowest BCUT2D eigenvalue weighted by molar-refractivity contribution is 0.300. The van der Waals surface area contributed by atoms with Gasteiger partial charge >= 0.3 is 0 Å². The Hall–Kier alpha value is -1.81. The number of likely N-dealkylation sites (N-methyl/N-ethyl adjacent to an activating group) is 1. The number of fused-ring (bicyclic) bond motifs is 1. The van der Waals surface area contributed by atoms with E-state index in [-0.39, 0.29) is 5.56 Å². The SMILES string of the molecule is CCCN(CC)CCNc1cc2ccccc2c(=O)[nH]1. The fourth-order valence-electron chi connectivity index (χ4n) is 2.40. The summed E-state index contributed by atoms with van der Waals surface area (Å²) in [5.41, 5.74) is -0.0356. The Balaban J connectivity index is 2.01. The quantitative estimate of drug-likeness (QED) is 0.815. The lowest BCUT2D eigenvalue weighted by Gasteiger charge is -2.19. The minimum absolute atomic E-state index is 0.0356. The van der Waals surface area contributed by atoms with Gasteiger partial charge < -0.3 is 15.2 Å². The van der Waals surface area contributed by atoms with Crippen LogP contribution in [-0.4, -0.2) is 36.1 Å². The van der Waals surface area contributed by atoms with E-state index in [0.717, 1.165) is 42.8 Å². The monoisotopic (exact) mass is 273 g/mol. The molecule has 0 aliphatic rings. The highest BCUT2D eigenvalue weighted by molar-refractivity contribution is 5.83. The molecule has 0 amide bonds. The molecule has 0 radical (unpaired) electrons. The van der Waals surface area contributed by atoms with E-state index in [4.69, 9.17) is 0 Å². The van der Waals surface area contributed by atoms with Gasteiger partial charge in [-0.05, 0) is 37.0 Å². The molecule has 20 heavy (non-hydrogen) atoms. The van der Waals surface area contributed by atoms with Gasteiger partial charge in [-0.15, -0.1) is 0 Å². The summed E-state index contributed by atoms with van der Waals surface area (Å²) >= 11 is 0. The number of nitrogens with one attached hydrogen (secondary N) is 2. The lowest BCUT2D eigenvalue weighted by atomic mass is 10.2. The van der Waals surface area contributed by atoms with Gasteiger partial charge in [0.2, 0.25) is 0 Å². The van der Waals surface area contributed by atoms with Crippen LogP contribution in [0.4, 0.5) is 5.82 Å². The lowest BCUT2D eigenvalue weighted by Crippen LogP contribution is -2.30. The Morgan fingerprint density at radius 2 is 2.00 bits per heavy atom. The number of hydrogen-bond acceptors (Lipinski definition) is 3. The standard InChI is InChI=1S/C16H23N3O/c1-3-10-19(4-2)11-9-17-15-12-13-7-5-6-8-14(13)16(20)18-15/h5-8,12H,3-4,9-11H2,1-2H3,(H2,17,18,20). The number of nitrogens with zero attached hydrogens (tertiary/aromatic N) is 1. The van der Waals surface area contributed by atoms with Crippen LogP contribution >= 0.6 is 0 Å². The van der Waals surface area contributed by atoms with Crippen LogP contribution in [-0.2, 0) is 0 Å². The average molecular weight is 273 g/mol. The van der Waals surface area contributed by atoms with Gasteiger partial charge in [-0.25, -0.2) is 0 Å². The van der Waals surface area contributed by atoms with Crippen molar-refractivity contribution in [2.75, 3.05) is 31.5 Å². The van der Waals surface area contributed by atoms with Crippen molar-refractivity contribution in [3.05, 3.63) is 40.7 Å².